The first-order chi connectivity index (χ1) is 7.31. The lowest BCUT2D eigenvalue weighted by Crippen LogP contribution is -2.18. The maximum Gasteiger partial charge on any atom is 0.0323 e. The molecule has 0 aromatic heterocycles. The van der Waals surface area contributed by atoms with Crippen LogP contribution in [-0.4, -0.2) is 6.26 Å². The Labute approximate surface area is 96.4 Å². The lowest BCUT2D eigenvalue weighted by atomic mass is 9.93. The van der Waals surface area contributed by atoms with E-state index in [-0.39, 0.29) is 6.04 Å². The van der Waals surface area contributed by atoms with Crippen molar-refractivity contribution in [3.63, 3.8) is 0 Å². The molecular formula is C13H19NS. The summed E-state index contributed by atoms with van der Waals surface area (Å²) in [5, 5.41) is 0. The number of hydrogen-bond acceptors (Lipinski definition) is 2. The number of rotatable bonds is 3. The van der Waals surface area contributed by atoms with Gasteiger partial charge < -0.3 is 5.73 Å². The molecule has 1 fully saturated rings. The van der Waals surface area contributed by atoms with E-state index in [1.165, 1.54) is 36.1 Å². The first-order valence-corrected chi connectivity index (χ1v) is 6.93. The molecule has 2 rings (SSSR count). The zero-order valence-corrected chi connectivity index (χ0v) is 10.1. The molecule has 0 radical (unpaired) electrons. The summed E-state index contributed by atoms with van der Waals surface area (Å²) in [7, 11) is 0. The van der Waals surface area contributed by atoms with Crippen molar-refractivity contribution in [2.45, 2.75) is 36.6 Å². The Morgan fingerprint density at radius 3 is 2.33 bits per heavy atom. The smallest absolute Gasteiger partial charge is 0.0323 e. The van der Waals surface area contributed by atoms with Crippen LogP contribution in [0.4, 0.5) is 0 Å². The minimum Gasteiger partial charge on any atom is -0.324 e. The first-order valence-electron chi connectivity index (χ1n) is 5.71. The molecule has 15 heavy (non-hydrogen) atoms. The van der Waals surface area contributed by atoms with E-state index < -0.39 is 0 Å². The van der Waals surface area contributed by atoms with Crippen LogP contribution in [0.25, 0.3) is 0 Å². The SMILES string of the molecule is CSc1ccc([C@@H](N)C2CCCC2)cc1. The summed E-state index contributed by atoms with van der Waals surface area (Å²) >= 11 is 1.78. The van der Waals surface area contributed by atoms with Gasteiger partial charge in [0.05, 0.1) is 0 Å². The van der Waals surface area contributed by atoms with E-state index in [9.17, 15) is 0 Å². The van der Waals surface area contributed by atoms with Gasteiger partial charge in [0.25, 0.3) is 0 Å². The van der Waals surface area contributed by atoms with Gasteiger partial charge in [-0.1, -0.05) is 25.0 Å². The van der Waals surface area contributed by atoms with Gasteiger partial charge in [-0.15, -0.1) is 11.8 Å². The van der Waals surface area contributed by atoms with Gasteiger partial charge in [0.2, 0.25) is 0 Å². The van der Waals surface area contributed by atoms with Crippen molar-refractivity contribution in [1.29, 1.82) is 0 Å². The van der Waals surface area contributed by atoms with Crippen LogP contribution in [0.3, 0.4) is 0 Å². The van der Waals surface area contributed by atoms with E-state index in [0.717, 1.165) is 0 Å². The molecule has 1 saturated carbocycles. The van der Waals surface area contributed by atoms with Gasteiger partial charge in [-0.05, 0) is 42.7 Å². The zero-order valence-electron chi connectivity index (χ0n) is 9.28. The lowest BCUT2D eigenvalue weighted by molar-refractivity contribution is 0.445. The molecule has 1 aromatic carbocycles. The average molecular weight is 221 g/mol. The van der Waals surface area contributed by atoms with Crippen LogP contribution >= 0.6 is 11.8 Å². The summed E-state index contributed by atoms with van der Waals surface area (Å²) in [5.74, 6) is 0.713. The van der Waals surface area contributed by atoms with Crippen molar-refractivity contribution in [1.82, 2.24) is 0 Å². The van der Waals surface area contributed by atoms with Crippen LogP contribution in [0.2, 0.25) is 0 Å². The second-order valence-corrected chi connectivity index (χ2v) is 5.22. The molecule has 1 nitrogen and oxygen atoms in total. The molecule has 2 heteroatoms. The van der Waals surface area contributed by atoms with Crippen molar-refractivity contribution in [3.05, 3.63) is 29.8 Å². The van der Waals surface area contributed by atoms with Crippen molar-refractivity contribution in [3.8, 4) is 0 Å². The van der Waals surface area contributed by atoms with Crippen LogP contribution < -0.4 is 5.73 Å². The second kappa shape index (κ2) is 5.04. The van der Waals surface area contributed by atoms with Gasteiger partial charge in [-0.3, -0.25) is 0 Å². The molecule has 0 amide bonds. The fourth-order valence-corrected chi connectivity index (χ4v) is 2.82. The average Bonchev–Trinajstić information content (AvgIpc) is 2.82. The summed E-state index contributed by atoms with van der Waals surface area (Å²) in [4.78, 5) is 1.32. The van der Waals surface area contributed by atoms with E-state index >= 15 is 0 Å². The van der Waals surface area contributed by atoms with Gasteiger partial charge in [0.1, 0.15) is 0 Å². The van der Waals surface area contributed by atoms with Crippen molar-refractivity contribution in [2.75, 3.05) is 6.26 Å². The predicted molar refractivity (Wildman–Crippen MR) is 67.1 cm³/mol. The van der Waals surface area contributed by atoms with Crippen molar-refractivity contribution >= 4 is 11.8 Å². The highest BCUT2D eigenvalue weighted by molar-refractivity contribution is 7.98. The molecule has 0 unspecified atom stereocenters. The van der Waals surface area contributed by atoms with E-state index in [0.29, 0.717) is 5.92 Å². The van der Waals surface area contributed by atoms with E-state index in [4.69, 9.17) is 5.73 Å². The molecule has 1 aliphatic carbocycles. The molecule has 1 aromatic rings. The molecule has 2 N–H and O–H groups in total. The van der Waals surface area contributed by atoms with Crippen LogP contribution in [-0.2, 0) is 0 Å². The van der Waals surface area contributed by atoms with Crippen molar-refractivity contribution in [2.24, 2.45) is 11.7 Å². The normalized spacial score (nSPS) is 19.3. The van der Waals surface area contributed by atoms with E-state index in [1.54, 1.807) is 11.8 Å². The van der Waals surface area contributed by atoms with Gasteiger partial charge in [0, 0.05) is 10.9 Å². The standard InChI is InChI=1S/C13H19NS/c1-15-12-8-6-11(7-9-12)13(14)10-4-2-3-5-10/h6-10,13H,2-5,14H2,1H3/t13-/m0/s1. The Hall–Kier alpha value is -0.470. The van der Waals surface area contributed by atoms with Gasteiger partial charge >= 0.3 is 0 Å². The molecule has 0 heterocycles. The molecule has 1 atom stereocenters. The maximum atomic E-state index is 6.29. The molecule has 0 bridgehead atoms. The van der Waals surface area contributed by atoms with Crippen molar-refractivity contribution < 1.29 is 0 Å². The fraction of sp³-hybridized carbons (Fsp3) is 0.538. The van der Waals surface area contributed by atoms with Gasteiger partial charge in [-0.2, -0.15) is 0 Å². The molecule has 0 aliphatic heterocycles. The van der Waals surface area contributed by atoms with Crippen LogP contribution in [0.5, 0.6) is 0 Å². The van der Waals surface area contributed by atoms with E-state index in [2.05, 4.69) is 30.5 Å². The second-order valence-electron chi connectivity index (χ2n) is 4.34. The number of hydrogen-bond donors (Lipinski definition) is 1. The molecular weight excluding hydrogens is 202 g/mol. The highest BCUT2D eigenvalue weighted by Gasteiger charge is 2.22. The third-order valence-corrected chi connectivity index (χ3v) is 4.15. The first kappa shape index (κ1) is 11.0. The third kappa shape index (κ3) is 2.56. The Kier molecular flexibility index (Phi) is 3.71. The highest BCUT2D eigenvalue weighted by atomic mass is 32.2. The summed E-state index contributed by atoms with van der Waals surface area (Å²) in [6.45, 7) is 0. The fourth-order valence-electron chi connectivity index (χ4n) is 2.41. The largest absolute Gasteiger partial charge is 0.324 e. The molecule has 0 spiro atoms. The number of benzene rings is 1. The highest BCUT2D eigenvalue weighted by Crippen LogP contribution is 2.34. The maximum absolute atomic E-state index is 6.29. The summed E-state index contributed by atoms with van der Waals surface area (Å²) in [5.41, 5.74) is 7.59. The van der Waals surface area contributed by atoms with Crippen LogP contribution in [0.1, 0.15) is 37.3 Å². The van der Waals surface area contributed by atoms with Crippen LogP contribution in [0.15, 0.2) is 29.2 Å². The quantitative estimate of drug-likeness (QED) is 0.789. The van der Waals surface area contributed by atoms with Gasteiger partial charge in [-0.25, -0.2) is 0 Å². The Balaban J connectivity index is 2.07. The number of thioether (sulfide) groups is 1. The zero-order chi connectivity index (χ0) is 10.7. The third-order valence-electron chi connectivity index (χ3n) is 3.41. The van der Waals surface area contributed by atoms with E-state index in [1.807, 2.05) is 0 Å². The Morgan fingerprint density at radius 1 is 1.20 bits per heavy atom. The predicted octanol–water partition coefficient (Wildman–Crippen LogP) is 3.60. The summed E-state index contributed by atoms with van der Waals surface area (Å²) < 4.78 is 0. The Bertz CT molecular complexity index is 301. The minimum atomic E-state index is 0.253. The topological polar surface area (TPSA) is 26.0 Å². The molecule has 1 aliphatic rings. The lowest BCUT2D eigenvalue weighted by Gasteiger charge is -2.19. The minimum absolute atomic E-state index is 0.253. The monoisotopic (exact) mass is 221 g/mol. The molecule has 0 saturated heterocycles. The Morgan fingerprint density at radius 2 is 1.80 bits per heavy atom. The summed E-state index contributed by atoms with van der Waals surface area (Å²) in [6.07, 6.45) is 7.45. The number of nitrogens with two attached hydrogens (primary N) is 1. The summed E-state index contributed by atoms with van der Waals surface area (Å²) in [6, 6.07) is 8.98. The van der Waals surface area contributed by atoms with Gasteiger partial charge in [0.15, 0.2) is 0 Å². The molecule has 82 valence electrons. The van der Waals surface area contributed by atoms with Crippen LogP contribution in [0, 0.1) is 5.92 Å².